The Hall–Kier alpha value is -2.82. The Kier molecular flexibility index (Phi) is 7.21. The minimum absolute atomic E-state index is 0.0807. The molecule has 0 unspecified atom stereocenters. The number of hydrogen-bond donors (Lipinski definition) is 3. The number of carbonyl (C=O) groups is 2. The van der Waals surface area contributed by atoms with Crippen LogP contribution in [-0.2, 0) is 11.2 Å². The fourth-order valence-corrected chi connectivity index (χ4v) is 2.65. The number of carbonyl (C=O) groups excluding carboxylic acids is 2. The molecule has 0 saturated heterocycles. The molecule has 0 bridgehead atoms. The minimum atomic E-state index is -0.0984. The van der Waals surface area contributed by atoms with Gasteiger partial charge in [-0.25, -0.2) is 0 Å². The maximum absolute atomic E-state index is 12.3. The van der Waals surface area contributed by atoms with Crippen molar-refractivity contribution >= 4 is 23.2 Å². The number of aryl methyl sites for hydroxylation is 2. The molecule has 2 aromatic rings. The van der Waals surface area contributed by atoms with Gasteiger partial charge in [0.25, 0.3) is 5.91 Å². The van der Waals surface area contributed by atoms with Gasteiger partial charge in [0.15, 0.2) is 0 Å². The quantitative estimate of drug-likeness (QED) is 0.677. The highest BCUT2D eigenvalue weighted by atomic mass is 16.2. The van der Waals surface area contributed by atoms with E-state index in [1.165, 1.54) is 0 Å². The topological polar surface area (TPSA) is 70.2 Å². The molecule has 3 N–H and O–H groups in total. The van der Waals surface area contributed by atoms with Crippen molar-refractivity contribution in [3.63, 3.8) is 0 Å². The Morgan fingerprint density at radius 3 is 2.38 bits per heavy atom. The van der Waals surface area contributed by atoms with Gasteiger partial charge in [0.1, 0.15) is 0 Å². The predicted octanol–water partition coefficient (Wildman–Crippen LogP) is 3.75. The molecule has 26 heavy (non-hydrogen) atoms. The van der Waals surface area contributed by atoms with Crippen LogP contribution in [0.4, 0.5) is 11.4 Å². The first-order chi connectivity index (χ1) is 12.5. The van der Waals surface area contributed by atoms with Gasteiger partial charge in [0, 0.05) is 23.5 Å². The van der Waals surface area contributed by atoms with Crippen molar-refractivity contribution in [2.45, 2.75) is 33.6 Å². The molecule has 0 aliphatic carbocycles. The molecule has 0 heterocycles. The summed E-state index contributed by atoms with van der Waals surface area (Å²) in [5.74, 6) is -0.179. The van der Waals surface area contributed by atoms with Crippen LogP contribution in [0, 0.1) is 6.92 Å². The number of rotatable bonds is 8. The van der Waals surface area contributed by atoms with Crippen LogP contribution in [0.15, 0.2) is 42.5 Å². The van der Waals surface area contributed by atoms with Crippen LogP contribution in [0.2, 0.25) is 0 Å². The molecule has 5 nitrogen and oxygen atoms in total. The molecule has 2 amide bonds. The molecule has 0 spiro atoms. The fourth-order valence-electron chi connectivity index (χ4n) is 2.65. The van der Waals surface area contributed by atoms with Crippen LogP contribution in [0.1, 0.15) is 41.8 Å². The lowest BCUT2D eigenvalue weighted by atomic mass is 10.1. The van der Waals surface area contributed by atoms with E-state index in [0.717, 1.165) is 35.3 Å². The largest absolute Gasteiger partial charge is 0.376 e. The summed E-state index contributed by atoms with van der Waals surface area (Å²) in [5, 5.41) is 8.91. The van der Waals surface area contributed by atoms with Gasteiger partial charge >= 0.3 is 0 Å². The third-order valence-electron chi connectivity index (χ3n) is 4.14. The number of para-hydroxylation sites is 1. The van der Waals surface area contributed by atoms with Crippen molar-refractivity contribution in [2.24, 2.45) is 0 Å². The van der Waals surface area contributed by atoms with Crippen LogP contribution in [0.3, 0.4) is 0 Å². The minimum Gasteiger partial charge on any atom is -0.376 e. The summed E-state index contributed by atoms with van der Waals surface area (Å²) in [7, 11) is 0. The molecule has 2 aromatic carbocycles. The van der Waals surface area contributed by atoms with Gasteiger partial charge < -0.3 is 16.0 Å². The molecule has 2 rings (SSSR count). The molecule has 0 atom stereocenters. The summed E-state index contributed by atoms with van der Waals surface area (Å²) in [6, 6.07) is 13.1. The first-order valence-electron chi connectivity index (χ1n) is 9.05. The third-order valence-corrected chi connectivity index (χ3v) is 4.14. The molecular formula is C21H27N3O2. The molecule has 138 valence electrons. The van der Waals surface area contributed by atoms with Crippen LogP contribution in [-0.4, -0.2) is 24.9 Å². The van der Waals surface area contributed by atoms with Crippen LogP contribution in [0.5, 0.6) is 0 Å². The van der Waals surface area contributed by atoms with Gasteiger partial charge in [-0.3, -0.25) is 9.59 Å². The molecule has 0 fully saturated rings. The molecule has 0 aliphatic heterocycles. The lowest BCUT2D eigenvalue weighted by Crippen LogP contribution is -2.24. The van der Waals surface area contributed by atoms with E-state index >= 15 is 0 Å². The van der Waals surface area contributed by atoms with Crippen LogP contribution < -0.4 is 16.0 Å². The monoisotopic (exact) mass is 353 g/mol. The number of nitrogens with one attached hydrogen (secondary N) is 3. The smallest absolute Gasteiger partial charge is 0.251 e. The summed E-state index contributed by atoms with van der Waals surface area (Å²) in [5.41, 5.74) is 4.49. The van der Waals surface area contributed by atoms with Crippen LogP contribution in [0.25, 0.3) is 0 Å². The van der Waals surface area contributed by atoms with Gasteiger partial charge in [-0.05, 0) is 55.2 Å². The zero-order chi connectivity index (χ0) is 18.9. The van der Waals surface area contributed by atoms with Crippen molar-refractivity contribution < 1.29 is 9.59 Å². The highest BCUT2D eigenvalue weighted by molar-refractivity contribution is 5.96. The number of amides is 2. The first kappa shape index (κ1) is 19.5. The maximum atomic E-state index is 12.3. The average molecular weight is 353 g/mol. The Balaban J connectivity index is 1.91. The summed E-state index contributed by atoms with van der Waals surface area (Å²) in [4.78, 5) is 24.1. The van der Waals surface area contributed by atoms with E-state index in [1.807, 2.05) is 32.0 Å². The zero-order valence-corrected chi connectivity index (χ0v) is 15.7. The van der Waals surface area contributed by atoms with Gasteiger partial charge in [0.2, 0.25) is 5.91 Å². The second-order valence-electron chi connectivity index (χ2n) is 6.20. The van der Waals surface area contributed by atoms with Crippen molar-refractivity contribution in [2.75, 3.05) is 23.7 Å². The van der Waals surface area contributed by atoms with E-state index in [1.54, 1.807) is 24.3 Å². The molecule has 0 saturated carbocycles. The standard InChI is InChI=1S/C21H27N3O2/c1-4-13-22-21(26)17-9-11-18(12-10-17)23-14-19(25)24-20-15(3)7-6-8-16(20)5-2/h6-12,23H,4-5,13-14H2,1-3H3,(H,22,26)(H,24,25). The Bertz CT molecular complexity index is 754. The van der Waals surface area contributed by atoms with Crippen molar-refractivity contribution in [3.05, 3.63) is 59.2 Å². The highest BCUT2D eigenvalue weighted by Crippen LogP contribution is 2.21. The normalized spacial score (nSPS) is 10.3. The molecule has 0 aromatic heterocycles. The van der Waals surface area contributed by atoms with Crippen LogP contribution >= 0.6 is 0 Å². The maximum Gasteiger partial charge on any atom is 0.251 e. The zero-order valence-electron chi connectivity index (χ0n) is 15.7. The lowest BCUT2D eigenvalue weighted by Gasteiger charge is -2.13. The fraction of sp³-hybridized carbons (Fsp3) is 0.333. The van der Waals surface area contributed by atoms with E-state index in [4.69, 9.17) is 0 Å². The van der Waals surface area contributed by atoms with Crippen molar-refractivity contribution in [1.82, 2.24) is 5.32 Å². The van der Waals surface area contributed by atoms with Gasteiger partial charge in [0.05, 0.1) is 6.54 Å². The lowest BCUT2D eigenvalue weighted by molar-refractivity contribution is -0.114. The number of benzene rings is 2. The third kappa shape index (κ3) is 5.34. The molecular weight excluding hydrogens is 326 g/mol. The molecule has 0 aliphatic rings. The molecule has 0 radical (unpaired) electrons. The van der Waals surface area contributed by atoms with E-state index in [2.05, 4.69) is 22.9 Å². The van der Waals surface area contributed by atoms with E-state index < -0.39 is 0 Å². The Labute approximate surface area is 155 Å². The molecule has 5 heteroatoms. The Morgan fingerprint density at radius 1 is 1.00 bits per heavy atom. The highest BCUT2D eigenvalue weighted by Gasteiger charge is 2.09. The second kappa shape index (κ2) is 9.61. The first-order valence-corrected chi connectivity index (χ1v) is 9.05. The van der Waals surface area contributed by atoms with Gasteiger partial charge in [-0.15, -0.1) is 0 Å². The SMILES string of the molecule is CCCNC(=O)c1ccc(NCC(=O)Nc2c(C)cccc2CC)cc1. The number of hydrogen-bond acceptors (Lipinski definition) is 3. The average Bonchev–Trinajstić information content (AvgIpc) is 2.66. The van der Waals surface area contributed by atoms with Crippen molar-refractivity contribution in [3.8, 4) is 0 Å². The summed E-state index contributed by atoms with van der Waals surface area (Å²) >= 11 is 0. The van der Waals surface area contributed by atoms with Crippen molar-refractivity contribution in [1.29, 1.82) is 0 Å². The Morgan fingerprint density at radius 2 is 1.73 bits per heavy atom. The van der Waals surface area contributed by atoms with E-state index in [-0.39, 0.29) is 18.4 Å². The summed E-state index contributed by atoms with van der Waals surface area (Å²) in [6.07, 6.45) is 1.77. The number of anilines is 2. The van der Waals surface area contributed by atoms with Gasteiger partial charge in [-0.1, -0.05) is 32.0 Å². The predicted molar refractivity (Wildman–Crippen MR) is 107 cm³/mol. The van der Waals surface area contributed by atoms with E-state index in [0.29, 0.717) is 12.1 Å². The summed E-state index contributed by atoms with van der Waals surface area (Å²) in [6.45, 7) is 6.90. The van der Waals surface area contributed by atoms with E-state index in [9.17, 15) is 9.59 Å². The second-order valence-corrected chi connectivity index (χ2v) is 6.20. The van der Waals surface area contributed by atoms with Gasteiger partial charge in [-0.2, -0.15) is 0 Å². The summed E-state index contributed by atoms with van der Waals surface area (Å²) < 4.78 is 0.